The fourth-order valence-electron chi connectivity index (χ4n) is 4.29. The number of unbranched alkanes of at least 4 members (excludes halogenated alkanes) is 13. The van der Waals surface area contributed by atoms with Crippen LogP contribution >= 0.6 is 0 Å². The number of aromatic amines is 1. The summed E-state index contributed by atoms with van der Waals surface area (Å²) in [5, 5.41) is 0. The van der Waals surface area contributed by atoms with Gasteiger partial charge in [0.2, 0.25) is 0 Å². The number of aryl methyl sites for hydroxylation is 1. The van der Waals surface area contributed by atoms with Crippen molar-refractivity contribution in [3.8, 4) is 0 Å². The highest BCUT2D eigenvalue weighted by molar-refractivity contribution is 4.89. The first-order chi connectivity index (χ1) is 13.3. The number of nitrogens with zero attached hydrogens (tertiary/aromatic N) is 1. The van der Waals surface area contributed by atoms with E-state index in [0.29, 0.717) is 0 Å². The molecule has 2 nitrogen and oxygen atoms in total. The maximum atomic E-state index is 3.56. The minimum atomic E-state index is 0.732. The van der Waals surface area contributed by atoms with Crippen LogP contribution < -0.4 is 4.57 Å². The van der Waals surface area contributed by atoms with Gasteiger partial charge in [-0.1, -0.05) is 110 Å². The molecule has 2 heteroatoms. The van der Waals surface area contributed by atoms with Crippen LogP contribution in [-0.4, -0.2) is 4.98 Å². The zero-order chi connectivity index (χ0) is 19.6. The monoisotopic (exact) mass is 377 g/mol. The Balaban J connectivity index is 2.22. The molecule has 0 aliphatic carbocycles. The van der Waals surface area contributed by atoms with E-state index in [1.54, 1.807) is 0 Å². The van der Waals surface area contributed by atoms with Gasteiger partial charge in [0, 0.05) is 0 Å². The van der Waals surface area contributed by atoms with Crippen molar-refractivity contribution < 1.29 is 4.57 Å². The van der Waals surface area contributed by atoms with Crippen molar-refractivity contribution >= 4 is 0 Å². The van der Waals surface area contributed by atoms with E-state index in [0.717, 1.165) is 12.5 Å². The highest BCUT2D eigenvalue weighted by Crippen LogP contribution is 2.26. The van der Waals surface area contributed by atoms with Gasteiger partial charge >= 0.3 is 0 Å². The molecule has 27 heavy (non-hydrogen) atoms. The maximum Gasteiger partial charge on any atom is 0.257 e. The van der Waals surface area contributed by atoms with E-state index in [1.165, 1.54) is 115 Å². The van der Waals surface area contributed by atoms with Gasteiger partial charge in [0.15, 0.2) is 0 Å². The number of imidazole rings is 1. The third kappa shape index (κ3) is 11.6. The molecule has 0 aromatic carbocycles. The van der Waals surface area contributed by atoms with Crippen molar-refractivity contribution in [2.24, 2.45) is 0 Å². The molecular weight excluding hydrogens is 328 g/mol. The lowest BCUT2D eigenvalue weighted by atomic mass is 9.93. The van der Waals surface area contributed by atoms with Gasteiger partial charge in [0.1, 0.15) is 12.4 Å². The lowest BCUT2D eigenvalue weighted by Crippen LogP contribution is -2.36. The number of rotatable bonds is 19. The van der Waals surface area contributed by atoms with E-state index < -0.39 is 0 Å². The number of hydrogen-bond donors (Lipinski definition) is 1. The predicted molar refractivity (Wildman–Crippen MR) is 119 cm³/mol. The molecule has 0 aliphatic rings. The molecule has 0 aliphatic heterocycles. The summed E-state index contributed by atoms with van der Waals surface area (Å²) < 4.78 is 2.42. The zero-order valence-electron chi connectivity index (χ0n) is 18.9. The summed E-state index contributed by atoms with van der Waals surface area (Å²) in [6.45, 7) is 7.95. The first-order valence-corrected chi connectivity index (χ1v) is 12.4. The Morgan fingerprint density at radius 3 is 1.56 bits per heavy atom. The fourth-order valence-corrected chi connectivity index (χ4v) is 4.29. The summed E-state index contributed by atoms with van der Waals surface area (Å²) >= 11 is 0. The number of hydrogen-bond acceptors (Lipinski definition) is 0. The minimum absolute atomic E-state index is 0.732. The minimum Gasteiger partial charge on any atom is -0.247 e. The van der Waals surface area contributed by atoms with Crippen molar-refractivity contribution in [1.29, 1.82) is 0 Å². The summed E-state index contributed by atoms with van der Waals surface area (Å²) in [6.07, 6.45) is 28.4. The molecule has 1 rings (SSSR count). The summed E-state index contributed by atoms with van der Waals surface area (Å²) in [7, 11) is 0. The molecule has 158 valence electrons. The Kier molecular flexibility index (Phi) is 15.6. The molecule has 1 atom stereocenters. The van der Waals surface area contributed by atoms with Crippen LogP contribution in [0.4, 0.5) is 0 Å². The lowest BCUT2D eigenvalue weighted by Gasteiger charge is -2.14. The summed E-state index contributed by atoms with van der Waals surface area (Å²) in [6, 6.07) is 0. The standard InChI is InChI=1S/C25H48N2/c1-4-7-9-11-12-13-14-15-17-19-21-24(20-18-16-10-8-5-2)25-26-22-23-27(25)6-3/h22-24H,4-21H2,1-3H3/p+1/t24-/m0/s1. The molecule has 0 radical (unpaired) electrons. The zero-order valence-corrected chi connectivity index (χ0v) is 18.9. The van der Waals surface area contributed by atoms with Crippen molar-refractivity contribution in [1.82, 2.24) is 4.98 Å². The van der Waals surface area contributed by atoms with Gasteiger partial charge in [-0.25, -0.2) is 9.55 Å². The average Bonchev–Trinajstić information content (AvgIpc) is 3.16. The predicted octanol–water partition coefficient (Wildman–Crippen LogP) is 8.08. The summed E-state index contributed by atoms with van der Waals surface area (Å²) in [5.74, 6) is 2.21. The molecule has 0 unspecified atom stereocenters. The van der Waals surface area contributed by atoms with Crippen LogP contribution in [0.1, 0.15) is 142 Å². The number of H-pyrrole nitrogens is 1. The normalized spacial score (nSPS) is 12.6. The third-order valence-electron chi connectivity index (χ3n) is 6.08. The molecule has 0 spiro atoms. The topological polar surface area (TPSA) is 19.7 Å². The Morgan fingerprint density at radius 1 is 0.667 bits per heavy atom. The van der Waals surface area contributed by atoms with Crippen molar-refractivity contribution in [3.63, 3.8) is 0 Å². The van der Waals surface area contributed by atoms with Crippen LogP contribution in [0.5, 0.6) is 0 Å². The fraction of sp³-hybridized carbons (Fsp3) is 0.880. The molecule has 1 aromatic rings. The van der Waals surface area contributed by atoms with E-state index >= 15 is 0 Å². The molecule has 0 saturated heterocycles. The highest BCUT2D eigenvalue weighted by atomic mass is 15.1. The van der Waals surface area contributed by atoms with E-state index in [9.17, 15) is 0 Å². The second kappa shape index (κ2) is 17.3. The van der Waals surface area contributed by atoms with Crippen LogP contribution in [0.2, 0.25) is 0 Å². The van der Waals surface area contributed by atoms with Crippen molar-refractivity contribution in [2.45, 2.75) is 142 Å². The van der Waals surface area contributed by atoms with Gasteiger partial charge in [0.05, 0.1) is 12.5 Å². The first-order valence-electron chi connectivity index (χ1n) is 12.4. The van der Waals surface area contributed by atoms with Crippen LogP contribution in [0.3, 0.4) is 0 Å². The van der Waals surface area contributed by atoms with E-state index in [-0.39, 0.29) is 0 Å². The van der Waals surface area contributed by atoms with Crippen LogP contribution in [-0.2, 0) is 6.54 Å². The Morgan fingerprint density at radius 2 is 1.11 bits per heavy atom. The number of nitrogens with one attached hydrogen (secondary N) is 1. The van der Waals surface area contributed by atoms with Crippen LogP contribution in [0.15, 0.2) is 12.4 Å². The highest BCUT2D eigenvalue weighted by Gasteiger charge is 2.21. The summed E-state index contributed by atoms with van der Waals surface area (Å²) in [5.41, 5.74) is 0. The summed E-state index contributed by atoms with van der Waals surface area (Å²) in [4.78, 5) is 3.56. The van der Waals surface area contributed by atoms with Gasteiger partial charge in [-0.15, -0.1) is 0 Å². The molecule has 1 N–H and O–H groups in total. The van der Waals surface area contributed by atoms with E-state index in [4.69, 9.17) is 0 Å². The first kappa shape index (κ1) is 24.2. The van der Waals surface area contributed by atoms with Crippen LogP contribution in [0, 0.1) is 0 Å². The Labute approximate surface area is 170 Å². The van der Waals surface area contributed by atoms with Crippen LogP contribution in [0.25, 0.3) is 0 Å². The molecule has 0 amide bonds. The van der Waals surface area contributed by atoms with Gasteiger partial charge in [-0.05, 0) is 19.8 Å². The lowest BCUT2D eigenvalue weighted by molar-refractivity contribution is -0.701. The average molecular weight is 378 g/mol. The Hall–Kier alpha value is -0.790. The van der Waals surface area contributed by atoms with Crippen molar-refractivity contribution in [3.05, 3.63) is 18.2 Å². The second-order valence-electron chi connectivity index (χ2n) is 8.50. The van der Waals surface area contributed by atoms with Gasteiger partial charge in [-0.2, -0.15) is 0 Å². The largest absolute Gasteiger partial charge is 0.257 e. The molecule has 1 heterocycles. The van der Waals surface area contributed by atoms with Gasteiger partial charge < -0.3 is 0 Å². The SMILES string of the molecule is CCCCCCCCCCCC[C@H](CCCCCCC)c1[nH]cc[n+]1CC. The molecule has 0 bridgehead atoms. The van der Waals surface area contributed by atoms with E-state index in [2.05, 4.69) is 42.7 Å². The smallest absolute Gasteiger partial charge is 0.247 e. The van der Waals surface area contributed by atoms with Gasteiger partial charge in [0.25, 0.3) is 5.82 Å². The van der Waals surface area contributed by atoms with Crippen molar-refractivity contribution in [2.75, 3.05) is 0 Å². The Bertz CT molecular complexity index is 424. The third-order valence-corrected chi connectivity index (χ3v) is 6.08. The molecule has 0 saturated carbocycles. The number of aromatic nitrogens is 2. The maximum absolute atomic E-state index is 3.56. The molecule has 0 fully saturated rings. The quantitative estimate of drug-likeness (QED) is 0.186. The second-order valence-corrected chi connectivity index (χ2v) is 8.50. The van der Waals surface area contributed by atoms with E-state index in [1.807, 2.05) is 0 Å². The van der Waals surface area contributed by atoms with Gasteiger partial charge in [-0.3, -0.25) is 0 Å². The molecule has 1 aromatic heterocycles. The molecular formula is C25H49N2+.